The van der Waals surface area contributed by atoms with Crippen molar-refractivity contribution >= 4 is 11.9 Å². The predicted molar refractivity (Wildman–Crippen MR) is 186 cm³/mol. The maximum absolute atomic E-state index is 12.3. The first-order valence-corrected chi connectivity index (χ1v) is 16.9. The second-order valence-electron chi connectivity index (χ2n) is 11.6. The van der Waals surface area contributed by atoms with Crippen molar-refractivity contribution in [2.45, 2.75) is 64.7 Å². The molecule has 4 rings (SSSR count). The molecule has 0 aliphatic carbocycles. The van der Waals surface area contributed by atoms with E-state index in [-0.39, 0.29) is 38.0 Å². The Morgan fingerprint density at radius 2 is 0.688 bits per heavy atom. The molecule has 0 heterocycles. The van der Waals surface area contributed by atoms with E-state index in [2.05, 4.69) is 48.5 Å². The first-order valence-electron chi connectivity index (χ1n) is 16.9. The number of hydrogen-bond donors (Lipinski definition) is 0. The Balaban J connectivity index is 1.02. The molecule has 0 bridgehead atoms. The molecular weight excluding hydrogens is 604 g/mol. The van der Waals surface area contributed by atoms with Crippen LogP contribution in [0.1, 0.15) is 60.8 Å². The van der Waals surface area contributed by atoms with Crippen molar-refractivity contribution in [3.05, 3.63) is 144 Å². The molecule has 0 unspecified atom stereocenters. The summed E-state index contributed by atoms with van der Waals surface area (Å²) < 4.78 is 10.8. The van der Waals surface area contributed by atoms with Gasteiger partial charge in [0.15, 0.2) is 0 Å². The van der Waals surface area contributed by atoms with Crippen LogP contribution in [0, 0.1) is 0 Å². The highest BCUT2D eigenvalue weighted by Gasteiger charge is 2.12. The van der Waals surface area contributed by atoms with Crippen LogP contribution in [0.15, 0.2) is 121 Å². The summed E-state index contributed by atoms with van der Waals surface area (Å²) in [5, 5.41) is 3.76. The summed E-state index contributed by atoms with van der Waals surface area (Å²) in [7, 11) is 0. The van der Waals surface area contributed by atoms with Crippen LogP contribution in [-0.2, 0) is 54.9 Å². The molecule has 0 aliphatic heterocycles. The minimum Gasteiger partial charge on any atom is -0.466 e. The molecule has 0 amide bonds. The fourth-order valence-corrected chi connectivity index (χ4v) is 5.03. The number of rotatable bonds is 23. The molecule has 8 heteroatoms. The van der Waals surface area contributed by atoms with E-state index in [1.807, 2.05) is 82.9 Å². The lowest BCUT2D eigenvalue weighted by Gasteiger charge is -2.22. The third-order valence-electron chi connectivity index (χ3n) is 7.53. The summed E-state index contributed by atoms with van der Waals surface area (Å²) in [5.74, 6) is -0.534. The second kappa shape index (κ2) is 22.3. The molecule has 0 radical (unpaired) electrons. The quantitative estimate of drug-likeness (QED) is 0.0459. The van der Waals surface area contributed by atoms with Crippen LogP contribution in [0.5, 0.6) is 0 Å². The number of carbonyl (C=O) groups excluding carboxylic acids is 2. The Bertz CT molecular complexity index is 1230. The topological polar surface area (TPSA) is 77.5 Å². The SMILES string of the molecule is O=C(CCON(Cc1ccccc1)Cc1ccccc1)OCCCCCCOC(=O)CCON(Cc1ccccc1)Cc1ccccc1. The minimum atomic E-state index is -0.267. The number of ether oxygens (including phenoxy) is 2. The number of hydrogen-bond acceptors (Lipinski definition) is 8. The van der Waals surface area contributed by atoms with E-state index in [1.54, 1.807) is 0 Å². The van der Waals surface area contributed by atoms with Gasteiger partial charge in [-0.1, -0.05) is 121 Å². The third-order valence-corrected chi connectivity index (χ3v) is 7.53. The third kappa shape index (κ3) is 15.5. The predicted octanol–water partition coefficient (Wildman–Crippen LogP) is 7.68. The Labute approximate surface area is 285 Å². The van der Waals surface area contributed by atoms with Gasteiger partial charge in [-0.15, -0.1) is 0 Å². The summed E-state index contributed by atoms with van der Waals surface area (Å²) in [6.07, 6.45) is 3.69. The highest BCUT2D eigenvalue weighted by Crippen LogP contribution is 2.13. The fraction of sp³-hybridized carbons (Fsp3) is 0.350. The van der Waals surface area contributed by atoms with Gasteiger partial charge in [-0.3, -0.25) is 19.3 Å². The standard InChI is InChI=1S/C40H48N2O6/c43-39(25-29-47-41(31-35-17-7-3-8-18-35)32-36-19-9-4-10-20-36)45-27-15-1-2-16-28-46-40(44)26-30-48-42(33-37-21-11-5-12-22-37)34-38-23-13-6-14-24-38/h3-14,17-24H,1-2,15-16,25-34H2. The number of unbranched alkanes of at least 4 members (excludes halogenated alkanes) is 3. The molecule has 0 aromatic heterocycles. The number of nitrogens with zero attached hydrogens (tertiary/aromatic N) is 2. The van der Waals surface area contributed by atoms with Crippen molar-refractivity contribution < 1.29 is 28.7 Å². The Hall–Kier alpha value is -4.34. The molecular formula is C40H48N2O6. The molecule has 4 aromatic carbocycles. The first-order chi connectivity index (χ1) is 23.6. The molecule has 0 N–H and O–H groups in total. The summed E-state index contributed by atoms with van der Waals surface area (Å²) in [5.41, 5.74) is 4.56. The Morgan fingerprint density at radius 1 is 0.396 bits per heavy atom. The largest absolute Gasteiger partial charge is 0.466 e. The lowest BCUT2D eigenvalue weighted by atomic mass is 10.2. The van der Waals surface area contributed by atoms with Gasteiger partial charge < -0.3 is 9.47 Å². The van der Waals surface area contributed by atoms with Gasteiger partial charge in [-0.05, 0) is 47.9 Å². The Morgan fingerprint density at radius 3 is 0.979 bits per heavy atom. The molecule has 0 atom stereocenters. The van der Waals surface area contributed by atoms with Gasteiger partial charge in [-0.2, -0.15) is 10.1 Å². The zero-order valence-electron chi connectivity index (χ0n) is 27.8. The number of carbonyl (C=O) groups is 2. The van der Waals surface area contributed by atoms with Crippen LogP contribution in [0.4, 0.5) is 0 Å². The van der Waals surface area contributed by atoms with E-state index in [1.165, 1.54) is 0 Å². The zero-order valence-corrected chi connectivity index (χ0v) is 27.8. The van der Waals surface area contributed by atoms with Crippen molar-refractivity contribution in [2.24, 2.45) is 0 Å². The minimum absolute atomic E-state index is 0.190. The van der Waals surface area contributed by atoms with Crippen molar-refractivity contribution in [1.82, 2.24) is 10.1 Å². The van der Waals surface area contributed by atoms with E-state index in [0.717, 1.165) is 47.9 Å². The monoisotopic (exact) mass is 652 g/mol. The van der Waals surface area contributed by atoms with Crippen LogP contribution in [0.25, 0.3) is 0 Å². The molecule has 0 saturated heterocycles. The van der Waals surface area contributed by atoms with Gasteiger partial charge in [0, 0.05) is 26.2 Å². The van der Waals surface area contributed by atoms with Crippen molar-refractivity contribution in [1.29, 1.82) is 0 Å². The van der Waals surface area contributed by atoms with Crippen LogP contribution < -0.4 is 0 Å². The zero-order chi connectivity index (χ0) is 33.5. The van der Waals surface area contributed by atoms with Gasteiger partial charge in [0.25, 0.3) is 0 Å². The molecule has 0 fully saturated rings. The highest BCUT2D eigenvalue weighted by molar-refractivity contribution is 5.69. The van der Waals surface area contributed by atoms with Gasteiger partial charge in [0.05, 0.1) is 39.3 Å². The second-order valence-corrected chi connectivity index (χ2v) is 11.6. The van der Waals surface area contributed by atoms with Crippen molar-refractivity contribution in [2.75, 3.05) is 26.4 Å². The number of benzene rings is 4. The molecule has 4 aromatic rings. The van der Waals surface area contributed by atoms with Gasteiger partial charge in [0.2, 0.25) is 0 Å². The molecule has 48 heavy (non-hydrogen) atoms. The van der Waals surface area contributed by atoms with E-state index < -0.39 is 0 Å². The smallest absolute Gasteiger partial charge is 0.308 e. The lowest BCUT2D eigenvalue weighted by Crippen LogP contribution is -2.25. The summed E-state index contributed by atoms with van der Waals surface area (Å²) in [6.45, 7) is 3.74. The van der Waals surface area contributed by atoms with Crippen LogP contribution in [-0.4, -0.2) is 48.5 Å². The molecule has 254 valence electrons. The molecule has 0 saturated carbocycles. The normalized spacial score (nSPS) is 11.1. The van der Waals surface area contributed by atoms with E-state index >= 15 is 0 Å². The van der Waals surface area contributed by atoms with Gasteiger partial charge in [-0.25, -0.2) is 0 Å². The van der Waals surface area contributed by atoms with E-state index in [0.29, 0.717) is 39.4 Å². The van der Waals surface area contributed by atoms with Crippen molar-refractivity contribution in [3.63, 3.8) is 0 Å². The maximum Gasteiger partial charge on any atom is 0.308 e. The summed E-state index contributed by atoms with van der Waals surface area (Å²) >= 11 is 0. The summed E-state index contributed by atoms with van der Waals surface area (Å²) in [4.78, 5) is 36.5. The average Bonchev–Trinajstić information content (AvgIpc) is 3.11. The average molecular weight is 653 g/mol. The van der Waals surface area contributed by atoms with Crippen LogP contribution in [0.3, 0.4) is 0 Å². The van der Waals surface area contributed by atoms with Gasteiger partial charge in [0.1, 0.15) is 0 Å². The number of esters is 2. The fourth-order valence-electron chi connectivity index (χ4n) is 5.03. The van der Waals surface area contributed by atoms with E-state index in [9.17, 15) is 9.59 Å². The van der Waals surface area contributed by atoms with Crippen molar-refractivity contribution in [3.8, 4) is 0 Å². The molecule has 0 aliphatic rings. The molecule has 8 nitrogen and oxygen atoms in total. The summed E-state index contributed by atoms with van der Waals surface area (Å²) in [6, 6.07) is 40.5. The maximum atomic E-state index is 12.3. The number of hydroxylamine groups is 4. The van der Waals surface area contributed by atoms with Crippen LogP contribution >= 0.6 is 0 Å². The van der Waals surface area contributed by atoms with Gasteiger partial charge >= 0.3 is 11.9 Å². The highest BCUT2D eigenvalue weighted by atomic mass is 16.7. The Kier molecular flexibility index (Phi) is 16.9. The molecule has 0 spiro atoms. The lowest BCUT2D eigenvalue weighted by molar-refractivity contribution is -0.181. The van der Waals surface area contributed by atoms with E-state index in [4.69, 9.17) is 19.1 Å². The van der Waals surface area contributed by atoms with Crippen LogP contribution in [0.2, 0.25) is 0 Å². The first kappa shape index (κ1) is 36.5.